The number of amides is 1. The quantitative estimate of drug-likeness (QED) is 0.199. The van der Waals surface area contributed by atoms with Crippen LogP contribution < -0.4 is 9.64 Å². The van der Waals surface area contributed by atoms with E-state index >= 15 is 0 Å². The van der Waals surface area contributed by atoms with E-state index in [1.807, 2.05) is 49.4 Å². The van der Waals surface area contributed by atoms with Gasteiger partial charge in [0.15, 0.2) is 5.13 Å². The third kappa shape index (κ3) is 4.91. The number of aryl methyl sites for hydroxylation is 1. The SMILES string of the molecule is COc1ccc(C)c2sc(N(Cc3ccccc3)C(=O)/C=C/c3ccc([N+](=O)[O-])cc3)nc12. The summed E-state index contributed by atoms with van der Waals surface area (Å²) in [5.41, 5.74) is 3.45. The summed E-state index contributed by atoms with van der Waals surface area (Å²) in [5.74, 6) is 0.416. The lowest BCUT2D eigenvalue weighted by atomic mass is 10.2. The number of nitrogens with zero attached hydrogens (tertiary/aromatic N) is 3. The number of hydrogen-bond acceptors (Lipinski definition) is 6. The first-order valence-corrected chi connectivity index (χ1v) is 11.0. The number of rotatable bonds is 7. The van der Waals surface area contributed by atoms with Gasteiger partial charge >= 0.3 is 0 Å². The third-order valence-electron chi connectivity index (χ3n) is 5.11. The van der Waals surface area contributed by atoms with Crippen LogP contribution in [-0.4, -0.2) is 22.9 Å². The fourth-order valence-electron chi connectivity index (χ4n) is 3.35. The summed E-state index contributed by atoms with van der Waals surface area (Å²) in [5, 5.41) is 11.4. The average molecular weight is 460 g/mol. The highest BCUT2D eigenvalue weighted by Gasteiger charge is 2.20. The largest absolute Gasteiger partial charge is 0.494 e. The van der Waals surface area contributed by atoms with Crippen LogP contribution in [0.15, 0.2) is 72.8 Å². The Morgan fingerprint density at radius 1 is 1.12 bits per heavy atom. The number of non-ortho nitro benzene ring substituents is 1. The molecule has 0 fully saturated rings. The molecule has 3 aromatic carbocycles. The number of fused-ring (bicyclic) bond motifs is 1. The first-order chi connectivity index (χ1) is 16.0. The van der Waals surface area contributed by atoms with Gasteiger partial charge in [0, 0.05) is 18.2 Å². The van der Waals surface area contributed by atoms with E-state index in [2.05, 4.69) is 0 Å². The molecule has 0 saturated heterocycles. The molecule has 33 heavy (non-hydrogen) atoms. The Morgan fingerprint density at radius 3 is 2.52 bits per heavy atom. The Hall–Kier alpha value is -4.04. The van der Waals surface area contributed by atoms with Crippen LogP contribution in [0.25, 0.3) is 16.3 Å². The van der Waals surface area contributed by atoms with Crippen molar-refractivity contribution < 1.29 is 14.5 Å². The van der Waals surface area contributed by atoms with E-state index < -0.39 is 4.92 Å². The zero-order chi connectivity index (χ0) is 23.4. The van der Waals surface area contributed by atoms with E-state index in [0.717, 1.165) is 21.3 Å². The van der Waals surface area contributed by atoms with Crippen molar-refractivity contribution in [1.29, 1.82) is 0 Å². The lowest BCUT2D eigenvalue weighted by Gasteiger charge is -2.18. The number of nitro groups is 1. The van der Waals surface area contributed by atoms with Gasteiger partial charge in [-0.05, 0) is 47.9 Å². The molecule has 0 aliphatic rings. The van der Waals surface area contributed by atoms with Gasteiger partial charge in [0.05, 0.1) is 23.3 Å². The van der Waals surface area contributed by atoms with Crippen molar-refractivity contribution in [2.45, 2.75) is 13.5 Å². The number of ether oxygens (including phenoxy) is 1. The van der Waals surface area contributed by atoms with Crippen LogP contribution in [0, 0.1) is 17.0 Å². The third-order valence-corrected chi connectivity index (χ3v) is 6.33. The number of nitro benzene ring substituents is 1. The highest BCUT2D eigenvalue weighted by molar-refractivity contribution is 7.22. The number of anilines is 1. The molecule has 0 aliphatic carbocycles. The van der Waals surface area contributed by atoms with Crippen molar-refractivity contribution in [1.82, 2.24) is 4.98 Å². The number of aromatic nitrogens is 1. The Kier molecular flexibility index (Phi) is 6.46. The smallest absolute Gasteiger partial charge is 0.269 e. The number of hydrogen-bond donors (Lipinski definition) is 0. The topological polar surface area (TPSA) is 85.6 Å². The molecule has 0 aliphatic heterocycles. The number of carbonyl (C=O) groups is 1. The lowest BCUT2D eigenvalue weighted by molar-refractivity contribution is -0.384. The summed E-state index contributed by atoms with van der Waals surface area (Å²) in [6.07, 6.45) is 3.10. The molecule has 1 heterocycles. The summed E-state index contributed by atoms with van der Waals surface area (Å²) < 4.78 is 6.43. The first kappa shape index (κ1) is 22.2. The molecule has 8 heteroatoms. The molecule has 0 bridgehead atoms. The van der Waals surface area contributed by atoms with Crippen LogP contribution in [-0.2, 0) is 11.3 Å². The summed E-state index contributed by atoms with van der Waals surface area (Å²) in [6.45, 7) is 2.35. The lowest BCUT2D eigenvalue weighted by Crippen LogP contribution is -2.28. The minimum atomic E-state index is -0.455. The second-order valence-electron chi connectivity index (χ2n) is 7.35. The molecule has 0 unspecified atom stereocenters. The molecule has 7 nitrogen and oxygen atoms in total. The maximum atomic E-state index is 13.3. The Balaban J connectivity index is 1.69. The zero-order valence-corrected chi connectivity index (χ0v) is 18.9. The van der Waals surface area contributed by atoms with Crippen molar-refractivity contribution in [3.8, 4) is 5.75 Å². The van der Waals surface area contributed by atoms with Crippen LogP contribution in [0.1, 0.15) is 16.7 Å². The molecule has 1 amide bonds. The Bertz CT molecular complexity index is 1330. The molecular weight excluding hydrogens is 438 g/mol. The van der Waals surface area contributed by atoms with Gasteiger partial charge in [0.25, 0.3) is 11.6 Å². The molecular formula is C25H21N3O4S. The standard InChI is InChI=1S/C25H21N3O4S/c1-17-8-14-21(32-2)23-24(17)33-25(26-23)27(16-19-6-4-3-5-7-19)22(29)15-11-18-9-12-20(13-10-18)28(30)31/h3-15H,16H2,1-2H3/b15-11+. The van der Waals surface area contributed by atoms with Gasteiger partial charge in [-0.25, -0.2) is 4.98 Å². The normalized spacial score (nSPS) is 11.1. The first-order valence-electron chi connectivity index (χ1n) is 10.2. The van der Waals surface area contributed by atoms with E-state index in [4.69, 9.17) is 9.72 Å². The van der Waals surface area contributed by atoms with Crippen LogP contribution in [0.5, 0.6) is 5.75 Å². The van der Waals surface area contributed by atoms with Gasteiger partial charge < -0.3 is 4.74 Å². The van der Waals surface area contributed by atoms with Crippen LogP contribution in [0.2, 0.25) is 0 Å². The second kappa shape index (κ2) is 9.62. The highest BCUT2D eigenvalue weighted by Crippen LogP contribution is 2.37. The molecule has 4 aromatic rings. The molecule has 0 atom stereocenters. The van der Waals surface area contributed by atoms with Gasteiger partial charge in [-0.2, -0.15) is 0 Å². The average Bonchev–Trinajstić information content (AvgIpc) is 3.28. The van der Waals surface area contributed by atoms with Crippen LogP contribution in [0.3, 0.4) is 0 Å². The summed E-state index contributed by atoms with van der Waals surface area (Å²) in [7, 11) is 1.60. The molecule has 0 N–H and O–H groups in total. The number of carbonyl (C=O) groups excluding carboxylic acids is 1. The van der Waals surface area contributed by atoms with E-state index in [1.165, 1.54) is 29.5 Å². The Labute approximate surface area is 194 Å². The van der Waals surface area contributed by atoms with E-state index in [0.29, 0.717) is 23.0 Å². The molecule has 0 spiro atoms. The fourth-order valence-corrected chi connectivity index (χ4v) is 4.41. The van der Waals surface area contributed by atoms with Crippen molar-refractivity contribution in [3.63, 3.8) is 0 Å². The van der Waals surface area contributed by atoms with Crippen LogP contribution in [0.4, 0.5) is 10.8 Å². The maximum Gasteiger partial charge on any atom is 0.269 e. The van der Waals surface area contributed by atoms with Gasteiger partial charge in [-0.15, -0.1) is 0 Å². The number of methoxy groups -OCH3 is 1. The van der Waals surface area contributed by atoms with Crippen LogP contribution >= 0.6 is 11.3 Å². The van der Waals surface area contributed by atoms with E-state index in [-0.39, 0.29) is 11.6 Å². The predicted molar refractivity (Wildman–Crippen MR) is 131 cm³/mol. The number of thiazole rings is 1. The van der Waals surface area contributed by atoms with Crippen molar-refractivity contribution in [2.24, 2.45) is 0 Å². The molecule has 166 valence electrons. The van der Waals surface area contributed by atoms with E-state index in [9.17, 15) is 14.9 Å². The van der Waals surface area contributed by atoms with Gasteiger partial charge in [-0.1, -0.05) is 47.7 Å². The van der Waals surface area contributed by atoms with Crippen molar-refractivity contribution in [3.05, 3.63) is 99.6 Å². The monoisotopic (exact) mass is 459 g/mol. The maximum absolute atomic E-state index is 13.3. The van der Waals surface area contributed by atoms with Crippen molar-refractivity contribution in [2.75, 3.05) is 12.0 Å². The molecule has 0 saturated carbocycles. The Morgan fingerprint density at radius 2 is 1.85 bits per heavy atom. The molecule has 0 radical (unpaired) electrons. The van der Waals surface area contributed by atoms with Crippen molar-refractivity contribution >= 4 is 44.4 Å². The zero-order valence-electron chi connectivity index (χ0n) is 18.1. The van der Waals surface area contributed by atoms with Gasteiger partial charge in [0.1, 0.15) is 11.3 Å². The minimum absolute atomic E-state index is 0.00275. The molecule has 1 aromatic heterocycles. The fraction of sp³-hybridized carbons (Fsp3) is 0.120. The summed E-state index contributed by atoms with van der Waals surface area (Å²) >= 11 is 1.44. The van der Waals surface area contributed by atoms with Gasteiger partial charge in [0.2, 0.25) is 0 Å². The van der Waals surface area contributed by atoms with Gasteiger partial charge in [-0.3, -0.25) is 19.8 Å². The second-order valence-corrected chi connectivity index (χ2v) is 8.33. The highest BCUT2D eigenvalue weighted by atomic mass is 32.1. The minimum Gasteiger partial charge on any atom is -0.494 e. The molecule has 4 rings (SSSR count). The summed E-state index contributed by atoms with van der Waals surface area (Å²) in [4.78, 5) is 30.0. The predicted octanol–water partition coefficient (Wildman–Crippen LogP) is 5.77. The number of benzene rings is 3. The van der Waals surface area contributed by atoms with E-state index in [1.54, 1.807) is 30.2 Å². The summed E-state index contributed by atoms with van der Waals surface area (Å²) in [6, 6.07) is 19.6.